The molecule has 6 heteroatoms. The highest BCUT2D eigenvalue weighted by Gasteiger charge is 2.31. The summed E-state index contributed by atoms with van der Waals surface area (Å²) in [6.45, 7) is 9.96. The van der Waals surface area contributed by atoms with E-state index in [0.717, 1.165) is 26.1 Å². The standard InChI is InChI=1S/C18H28FN3O2/c1-4-20-18(23)22-13-14(2)21(12-15(22)3)10-5-11-24-17-8-6-16(19)7-9-17/h6-9,14-15H,4-5,10-13H2,1-3H3,(H,20,23)/t14-,15+/m1/s1. The highest BCUT2D eigenvalue weighted by molar-refractivity contribution is 5.74. The van der Waals surface area contributed by atoms with Crippen LogP contribution in [-0.4, -0.2) is 60.7 Å². The van der Waals surface area contributed by atoms with Crippen LogP contribution in [0.3, 0.4) is 0 Å². The molecule has 1 heterocycles. The minimum absolute atomic E-state index is 0.0242. The van der Waals surface area contributed by atoms with Crippen LogP contribution in [0.5, 0.6) is 5.75 Å². The Bertz CT molecular complexity index is 524. The van der Waals surface area contributed by atoms with Crippen LogP contribution in [-0.2, 0) is 0 Å². The molecule has 0 aromatic heterocycles. The molecule has 0 unspecified atom stereocenters. The summed E-state index contributed by atoms with van der Waals surface area (Å²) in [6, 6.07) is 6.65. The topological polar surface area (TPSA) is 44.8 Å². The van der Waals surface area contributed by atoms with Crippen molar-refractivity contribution in [2.75, 3.05) is 32.8 Å². The first kappa shape index (κ1) is 18.5. The molecule has 1 aromatic carbocycles. The van der Waals surface area contributed by atoms with Crippen molar-refractivity contribution in [1.82, 2.24) is 15.1 Å². The van der Waals surface area contributed by atoms with Gasteiger partial charge in [0.05, 0.1) is 6.61 Å². The summed E-state index contributed by atoms with van der Waals surface area (Å²) in [5, 5.41) is 2.88. The van der Waals surface area contributed by atoms with E-state index in [2.05, 4.69) is 24.1 Å². The van der Waals surface area contributed by atoms with Gasteiger partial charge in [0.1, 0.15) is 11.6 Å². The van der Waals surface area contributed by atoms with Crippen LogP contribution in [0.4, 0.5) is 9.18 Å². The van der Waals surface area contributed by atoms with Gasteiger partial charge in [0, 0.05) is 38.3 Å². The minimum Gasteiger partial charge on any atom is -0.494 e. The third-order valence-electron chi connectivity index (χ3n) is 4.38. The lowest BCUT2D eigenvalue weighted by atomic mass is 10.1. The summed E-state index contributed by atoms with van der Waals surface area (Å²) >= 11 is 0. The van der Waals surface area contributed by atoms with E-state index < -0.39 is 0 Å². The van der Waals surface area contributed by atoms with Gasteiger partial charge in [-0.3, -0.25) is 4.90 Å². The van der Waals surface area contributed by atoms with E-state index in [1.54, 1.807) is 12.1 Å². The molecular weight excluding hydrogens is 309 g/mol. The number of hydrogen-bond acceptors (Lipinski definition) is 3. The van der Waals surface area contributed by atoms with Crippen molar-refractivity contribution in [2.45, 2.75) is 39.3 Å². The van der Waals surface area contributed by atoms with Gasteiger partial charge < -0.3 is 15.0 Å². The quantitative estimate of drug-likeness (QED) is 0.812. The Morgan fingerprint density at radius 3 is 2.62 bits per heavy atom. The molecule has 0 aliphatic carbocycles. The second kappa shape index (κ2) is 8.87. The number of rotatable bonds is 6. The number of halogens is 1. The Morgan fingerprint density at radius 2 is 1.96 bits per heavy atom. The molecule has 1 fully saturated rings. The van der Waals surface area contributed by atoms with E-state index in [-0.39, 0.29) is 17.9 Å². The van der Waals surface area contributed by atoms with Crippen LogP contribution in [0.1, 0.15) is 27.2 Å². The number of nitrogens with one attached hydrogen (secondary N) is 1. The second-order valence-corrected chi connectivity index (χ2v) is 6.34. The summed E-state index contributed by atoms with van der Waals surface area (Å²) in [5.41, 5.74) is 0. The molecule has 0 spiro atoms. The average Bonchev–Trinajstić information content (AvgIpc) is 2.56. The molecule has 1 aliphatic rings. The molecule has 2 atom stereocenters. The summed E-state index contributed by atoms with van der Waals surface area (Å²) in [6.07, 6.45) is 0.898. The van der Waals surface area contributed by atoms with E-state index in [9.17, 15) is 9.18 Å². The number of ether oxygens (including phenoxy) is 1. The number of carbonyl (C=O) groups is 1. The molecule has 1 aromatic rings. The minimum atomic E-state index is -0.254. The maximum atomic E-state index is 12.8. The molecule has 5 nitrogen and oxygen atoms in total. The zero-order valence-electron chi connectivity index (χ0n) is 14.8. The predicted molar refractivity (Wildman–Crippen MR) is 92.8 cm³/mol. The van der Waals surface area contributed by atoms with Crippen LogP contribution in [0.2, 0.25) is 0 Å². The number of piperazine rings is 1. The van der Waals surface area contributed by atoms with Crippen LogP contribution in [0.25, 0.3) is 0 Å². The van der Waals surface area contributed by atoms with Gasteiger partial charge in [-0.25, -0.2) is 9.18 Å². The monoisotopic (exact) mass is 337 g/mol. The van der Waals surface area contributed by atoms with Crippen LogP contribution < -0.4 is 10.1 Å². The van der Waals surface area contributed by atoms with Crippen molar-refractivity contribution < 1.29 is 13.9 Å². The van der Waals surface area contributed by atoms with E-state index >= 15 is 0 Å². The summed E-state index contributed by atoms with van der Waals surface area (Å²) in [4.78, 5) is 16.4. The Morgan fingerprint density at radius 1 is 1.25 bits per heavy atom. The van der Waals surface area contributed by atoms with Crippen molar-refractivity contribution >= 4 is 6.03 Å². The van der Waals surface area contributed by atoms with Crippen LogP contribution in [0.15, 0.2) is 24.3 Å². The van der Waals surface area contributed by atoms with Gasteiger partial charge in [-0.1, -0.05) is 0 Å². The van der Waals surface area contributed by atoms with Crippen molar-refractivity contribution in [3.05, 3.63) is 30.1 Å². The maximum Gasteiger partial charge on any atom is 0.317 e. The van der Waals surface area contributed by atoms with Gasteiger partial charge in [-0.05, 0) is 51.5 Å². The van der Waals surface area contributed by atoms with Gasteiger partial charge in [-0.2, -0.15) is 0 Å². The molecular formula is C18H28FN3O2. The van der Waals surface area contributed by atoms with Crippen LogP contribution >= 0.6 is 0 Å². The molecule has 2 amide bonds. The summed E-state index contributed by atoms with van der Waals surface area (Å²) in [7, 11) is 0. The van der Waals surface area contributed by atoms with E-state index in [4.69, 9.17) is 4.74 Å². The largest absolute Gasteiger partial charge is 0.494 e. The van der Waals surface area contributed by atoms with Crippen molar-refractivity contribution in [2.24, 2.45) is 0 Å². The van der Waals surface area contributed by atoms with Gasteiger partial charge in [0.15, 0.2) is 0 Å². The maximum absolute atomic E-state index is 12.8. The van der Waals surface area contributed by atoms with Crippen molar-refractivity contribution in [3.63, 3.8) is 0 Å². The number of hydrogen-bond donors (Lipinski definition) is 1. The first-order valence-electron chi connectivity index (χ1n) is 8.68. The fourth-order valence-corrected chi connectivity index (χ4v) is 3.03. The highest BCUT2D eigenvalue weighted by atomic mass is 19.1. The normalized spacial score (nSPS) is 21.6. The third-order valence-corrected chi connectivity index (χ3v) is 4.38. The smallest absolute Gasteiger partial charge is 0.317 e. The summed E-state index contributed by atoms with van der Waals surface area (Å²) < 4.78 is 18.5. The first-order valence-corrected chi connectivity index (χ1v) is 8.68. The molecule has 24 heavy (non-hydrogen) atoms. The SMILES string of the molecule is CCNC(=O)N1C[C@@H](C)N(CCCOc2ccc(F)cc2)C[C@@H]1C. The predicted octanol–water partition coefficient (Wildman–Crippen LogP) is 2.72. The van der Waals surface area contributed by atoms with Gasteiger partial charge in [0.25, 0.3) is 0 Å². The summed E-state index contributed by atoms with van der Waals surface area (Å²) in [5.74, 6) is 0.439. The number of benzene rings is 1. The first-order chi connectivity index (χ1) is 11.5. The Balaban J connectivity index is 1.73. The number of nitrogens with zero attached hydrogens (tertiary/aromatic N) is 2. The second-order valence-electron chi connectivity index (χ2n) is 6.34. The lowest BCUT2D eigenvalue weighted by Crippen LogP contribution is -2.60. The number of urea groups is 1. The van der Waals surface area contributed by atoms with Crippen molar-refractivity contribution in [1.29, 1.82) is 0 Å². The van der Waals surface area contributed by atoms with E-state index in [0.29, 0.717) is 24.9 Å². The van der Waals surface area contributed by atoms with Gasteiger partial charge >= 0.3 is 6.03 Å². The molecule has 2 rings (SSSR count). The van der Waals surface area contributed by atoms with E-state index in [1.165, 1.54) is 12.1 Å². The number of amides is 2. The fourth-order valence-electron chi connectivity index (χ4n) is 3.03. The molecule has 1 aliphatic heterocycles. The van der Waals surface area contributed by atoms with Gasteiger partial charge in [-0.15, -0.1) is 0 Å². The molecule has 0 bridgehead atoms. The number of carbonyl (C=O) groups excluding carboxylic acids is 1. The Labute approximate surface area is 143 Å². The van der Waals surface area contributed by atoms with Gasteiger partial charge in [0.2, 0.25) is 0 Å². The van der Waals surface area contributed by atoms with Crippen molar-refractivity contribution in [3.8, 4) is 5.75 Å². The third kappa shape index (κ3) is 5.09. The Hall–Kier alpha value is -1.82. The lowest BCUT2D eigenvalue weighted by Gasteiger charge is -2.44. The molecule has 0 saturated carbocycles. The van der Waals surface area contributed by atoms with E-state index in [1.807, 2.05) is 11.8 Å². The molecule has 134 valence electrons. The fraction of sp³-hybridized carbons (Fsp3) is 0.611. The average molecular weight is 337 g/mol. The lowest BCUT2D eigenvalue weighted by molar-refractivity contribution is 0.0600. The molecule has 1 saturated heterocycles. The molecule has 1 N–H and O–H groups in total. The Kier molecular flexibility index (Phi) is 6.85. The molecule has 0 radical (unpaired) electrons. The highest BCUT2D eigenvalue weighted by Crippen LogP contribution is 2.16. The van der Waals surface area contributed by atoms with Crippen LogP contribution in [0, 0.1) is 5.82 Å². The zero-order valence-corrected chi connectivity index (χ0v) is 14.8. The zero-order chi connectivity index (χ0) is 17.5.